The third kappa shape index (κ3) is 4.26. The van der Waals surface area contributed by atoms with Crippen molar-refractivity contribution in [2.75, 3.05) is 0 Å². The zero-order valence-electron chi connectivity index (χ0n) is 17.3. The average molecular weight is 409 g/mol. The maximum Gasteiger partial charge on any atom is 0.251 e. The van der Waals surface area contributed by atoms with Crippen LogP contribution < -0.4 is 5.32 Å². The largest absolute Gasteiger partial charge is 0.416 e. The van der Waals surface area contributed by atoms with Crippen molar-refractivity contribution in [3.8, 4) is 22.9 Å². The van der Waals surface area contributed by atoms with Crippen LogP contribution in [0.2, 0.25) is 0 Å². The van der Waals surface area contributed by atoms with Gasteiger partial charge in [0.15, 0.2) is 0 Å². The number of rotatable bonds is 6. The molecule has 0 spiro atoms. The highest BCUT2D eigenvalue weighted by atomic mass is 16.4. The summed E-state index contributed by atoms with van der Waals surface area (Å²) in [6.07, 6.45) is 2.30. The van der Waals surface area contributed by atoms with Gasteiger partial charge in [-0.25, -0.2) is 0 Å². The Morgan fingerprint density at radius 1 is 0.903 bits per heavy atom. The molecule has 0 aliphatic heterocycles. The van der Waals surface area contributed by atoms with E-state index in [4.69, 9.17) is 4.42 Å². The van der Waals surface area contributed by atoms with E-state index >= 15 is 0 Å². The van der Waals surface area contributed by atoms with Gasteiger partial charge in [0.05, 0.1) is 6.04 Å². The summed E-state index contributed by atoms with van der Waals surface area (Å²) in [4.78, 5) is 12.9. The molecule has 1 N–H and O–H groups in total. The molecule has 3 aromatic carbocycles. The number of aryl methyl sites for hydroxylation is 1. The van der Waals surface area contributed by atoms with Crippen molar-refractivity contribution >= 4 is 5.91 Å². The van der Waals surface area contributed by atoms with Gasteiger partial charge in [0.1, 0.15) is 0 Å². The van der Waals surface area contributed by atoms with E-state index in [-0.39, 0.29) is 11.9 Å². The Balaban J connectivity index is 1.31. The molecule has 0 radical (unpaired) electrons. The minimum atomic E-state index is -0.0710. The predicted molar refractivity (Wildman–Crippen MR) is 119 cm³/mol. The highest BCUT2D eigenvalue weighted by molar-refractivity contribution is 5.94. The van der Waals surface area contributed by atoms with Crippen molar-refractivity contribution in [1.29, 1.82) is 0 Å². The van der Waals surface area contributed by atoms with Crippen molar-refractivity contribution in [2.45, 2.75) is 25.8 Å². The van der Waals surface area contributed by atoms with Gasteiger partial charge in [-0.2, -0.15) is 0 Å². The number of nitrogens with one attached hydrogen (secondary N) is 1. The summed E-state index contributed by atoms with van der Waals surface area (Å²) < 4.78 is 5.85. The second-order valence-electron chi connectivity index (χ2n) is 8.06. The third-order valence-electron chi connectivity index (χ3n) is 5.62. The van der Waals surface area contributed by atoms with Gasteiger partial charge in [-0.05, 0) is 67.6 Å². The summed E-state index contributed by atoms with van der Waals surface area (Å²) in [6.45, 7) is 2.02. The average Bonchev–Trinajstić information content (AvgIpc) is 3.53. The number of hydrogen-bond acceptors (Lipinski definition) is 4. The van der Waals surface area contributed by atoms with E-state index in [1.54, 1.807) is 12.1 Å². The third-order valence-corrected chi connectivity index (χ3v) is 5.62. The summed E-state index contributed by atoms with van der Waals surface area (Å²) in [5, 5.41) is 11.5. The van der Waals surface area contributed by atoms with E-state index in [0.29, 0.717) is 23.3 Å². The van der Waals surface area contributed by atoms with E-state index in [1.165, 1.54) is 0 Å². The number of amides is 1. The zero-order valence-corrected chi connectivity index (χ0v) is 17.3. The Morgan fingerprint density at radius 3 is 2.29 bits per heavy atom. The van der Waals surface area contributed by atoms with E-state index in [0.717, 1.165) is 35.1 Å². The first-order chi connectivity index (χ1) is 15.2. The van der Waals surface area contributed by atoms with Gasteiger partial charge in [0.2, 0.25) is 11.8 Å². The molecule has 0 saturated heterocycles. The Hall–Kier alpha value is -3.73. The number of aromatic nitrogens is 2. The number of hydrogen-bond donors (Lipinski definition) is 1. The molecule has 5 rings (SSSR count). The molecule has 1 aliphatic carbocycles. The van der Waals surface area contributed by atoms with Crippen molar-refractivity contribution in [3.63, 3.8) is 0 Å². The summed E-state index contributed by atoms with van der Waals surface area (Å²) in [7, 11) is 0. The van der Waals surface area contributed by atoms with Crippen molar-refractivity contribution in [1.82, 2.24) is 15.5 Å². The van der Waals surface area contributed by atoms with Gasteiger partial charge in [-0.15, -0.1) is 10.2 Å². The van der Waals surface area contributed by atoms with Crippen LogP contribution in [0.4, 0.5) is 0 Å². The van der Waals surface area contributed by atoms with Crippen LogP contribution in [0.5, 0.6) is 0 Å². The normalized spacial score (nSPS) is 14.2. The first-order valence-corrected chi connectivity index (χ1v) is 10.5. The van der Waals surface area contributed by atoms with Gasteiger partial charge in [-0.3, -0.25) is 4.79 Å². The zero-order chi connectivity index (χ0) is 21.2. The molecule has 0 bridgehead atoms. The van der Waals surface area contributed by atoms with Crippen molar-refractivity contribution in [3.05, 3.63) is 95.6 Å². The van der Waals surface area contributed by atoms with Gasteiger partial charge >= 0.3 is 0 Å². The van der Waals surface area contributed by atoms with Crippen LogP contribution in [-0.2, 0) is 0 Å². The minimum Gasteiger partial charge on any atom is -0.416 e. The van der Waals surface area contributed by atoms with E-state index < -0.39 is 0 Å². The topological polar surface area (TPSA) is 68.0 Å². The van der Waals surface area contributed by atoms with Crippen LogP contribution in [0.15, 0.2) is 83.3 Å². The fraction of sp³-hybridized carbons (Fsp3) is 0.192. The van der Waals surface area contributed by atoms with Gasteiger partial charge < -0.3 is 9.73 Å². The molecule has 5 heteroatoms. The molecule has 0 unspecified atom stereocenters. The molecular formula is C26H23N3O2. The highest BCUT2D eigenvalue weighted by Gasteiger charge is 2.33. The number of benzene rings is 3. The van der Waals surface area contributed by atoms with Gasteiger partial charge in [0.25, 0.3) is 5.91 Å². The summed E-state index contributed by atoms with van der Waals surface area (Å²) in [5.74, 6) is 1.36. The monoisotopic (exact) mass is 409 g/mol. The van der Waals surface area contributed by atoms with Crippen molar-refractivity contribution in [2.24, 2.45) is 5.92 Å². The molecule has 1 aliphatic rings. The minimum absolute atomic E-state index is 0.0567. The molecule has 4 aromatic rings. The van der Waals surface area contributed by atoms with Gasteiger partial charge in [-0.1, -0.05) is 48.0 Å². The molecule has 1 fully saturated rings. The number of carbonyl (C=O) groups is 1. The highest BCUT2D eigenvalue weighted by Crippen LogP contribution is 2.41. The maximum atomic E-state index is 12.9. The van der Waals surface area contributed by atoms with E-state index in [2.05, 4.69) is 27.6 Å². The van der Waals surface area contributed by atoms with Crippen LogP contribution in [-0.4, -0.2) is 16.1 Å². The van der Waals surface area contributed by atoms with Crippen LogP contribution in [0.25, 0.3) is 22.9 Å². The molecule has 1 heterocycles. The van der Waals surface area contributed by atoms with Crippen LogP contribution in [0.1, 0.15) is 40.4 Å². The molecular weight excluding hydrogens is 386 g/mol. The second-order valence-corrected chi connectivity index (χ2v) is 8.06. The predicted octanol–water partition coefficient (Wildman–Crippen LogP) is 5.59. The molecule has 1 atom stereocenters. The lowest BCUT2D eigenvalue weighted by Crippen LogP contribution is -2.29. The molecule has 154 valence electrons. The molecule has 5 nitrogen and oxygen atoms in total. The lowest BCUT2D eigenvalue weighted by molar-refractivity contribution is 0.0931. The van der Waals surface area contributed by atoms with Crippen LogP contribution >= 0.6 is 0 Å². The summed E-state index contributed by atoms with van der Waals surface area (Å²) >= 11 is 0. The number of nitrogens with zero attached hydrogens (tertiary/aromatic N) is 2. The summed E-state index contributed by atoms with van der Waals surface area (Å²) in [6, 6.07) is 25.5. The smallest absolute Gasteiger partial charge is 0.251 e. The Bertz CT molecular complexity index is 1190. The van der Waals surface area contributed by atoms with E-state index in [9.17, 15) is 4.79 Å². The fourth-order valence-corrected chi connectivity index (χ4v) is 3.79. The second kappa shape index (κ2) is 8.19. The molecule has 1 aromatic heterocycles. The first kappa shape index (κ1) is 19.2. The van der Waals surface area contributed by atoms with Crippen LogP contribution in [0, 0.1) is 12.8 Å². The van der Waals surface area contributed by atoms with Crippen LogP contribution in [0.3, 0.4) is 0 Å². The van der Waals surface area contributed by atoms with Crippen molar-refractivity contribution < 1.29 is 9.21 Å². The maximum absolute atomic E-state index is 12.9. The molecule has 31 heavy (non-hydrogen) atoms. The quantitative estimate of drug-likeness (QED) is 0.450. The lowest BCUT2D eigenvalue weighted by atomic mass is 10.0. The first-order valence-electron chi connectivity index (χ1n) is 10.5. The Kier molecular flexibility index (Phi) is 5.08. The standard InChI is InChI=1S/C26H23N3O2/c1-17-6-5-9-22(16-17)26-29-28-25(31-26)21-14-12-20(13-15-21)24(30)27-23(19-10-11-19)18-7-3-2-4-8-18/h2-9,12-16,19,23H,10-11H2,1H3,(H,27,30)/t23-/m1/s1. The Morgan fingerprint density at radius 2 is 1.61 bits per heavy atom. The Labute approximate surface area is 181 Å². The summed E-state index contributed by atoms with van der Waals surface area (Å²) in [5.41, 5.74) is 4.58. The molecule has 1 saturated carbocycles. The van der Waals surface area contributed by atoms with Gasteiger partial charge in [0, 0.05) is 16.7 Å². The van der Waals surface area contributed by atoms with E-state index in [1.807, 2.05) is 61.5 Å². The fourth-order valence-electron chi connectivity index (χ4n) is 3.79. The number of carbonyl (C=O) groups excluding carboxylic acids is 1. The SMILES string of the molecule is Cc1cccc(-c2nnc(-c3ccc(C(=O)N[C@H](c4ccccc4)C4CC4)cc3)o2)c1. The lowest BCUT2D eigenvalue weighted by Gasteiger charge is -2.19. The molecule has 1 amide bonds.